The molecule has 1 N–H and O–H groups in total. The molecule has 5 nitrogen and oxygen atoms in total. The van der Waals surface area contributed by atoms with Gasteiger partial charge in [0.2, 0.25) is 0 Å². The molecule has 0 bridgehead atoms. The van der Waals surface area contributed by atoms with Crippen molar-refractivity contribution in [1.29, 1.82) is 0 Å². The summed E-state index contributed by atoms with van der Waals surface area (Å²) in [5, 5.41) is 7.48. The number of hydrogen-bond acceptors (Lipinski definition) is 4. The molecule has 0 spiro atoms. The van der Waals surface area contributed by atoms with Crippen molar-refractivity contribution in [3.05, 3.63) is 18.5 Å². The summed E-state index contributed by atoms with van der Waals surface area (Å²) < 4.78 is 12.4. The SMILES string of the molecule is c1cnn(CCNCC2CCOCO2)c1. The van der Waals surface area contributed by atoms with Gasteiger partial charge in [-0.25, -0.2) is 0 Å². The van der Waals surface area contributed by atoms with Crippen LogP contribution >= 0.6 is 0 Å². The van der Waals surface area contributed by atoms with Gasteiger partial charge in [-0.05, 0) is 12.5 Å². The number of rotatable bonds is 5. The van der Waals surface area contributed by atoms with Crippen LogP contribution in [0.2, 0.25) is 0 Å². The van der Waals surface area contributed by atoms with E-state index in [1.54, 1.807) is 6.20 Å². The minimum atomic E-state index is 0.302. The maximum absolute atomic E-state index is 5.41. The third-order valence-corrected chi connectivity index (χ3v) is 2.42. The highest BCUT2D eigenvalue weighted by molar-refractivity contribution is 4.77. The van der Waals surface area contributed by atoms with Crippen LogP contribution in [0.1, 0.15) is 6.42 Å². The Bertz CT molecular complexity index is 258. The van der Waals surface area contributed by atoms with E-state index in [-0.39, 0.29) is 0 Å². The summed E-state index contributed by atoms with van der Waals surface area (Å²) in [6.45, 7) is 3.96. The Balaban J connectivity index is 1.54. The zero-order chi connectivity index (χ0) is 10.3. The van der Waals surface area contributed by atoms with Gasteiger partial charge >= 0.3 is 0 Å². The van der Waals surface area contributed by atoms with E-state index < -0.39 is 0 Å². The first-order chi connectivity index (χ1) is 7.45. The van der Waals surface area contributed by atoms with Crippen LogP contribution < -0.4 is 5.32 Å². The molecule has 0 amide bonds. The fourth-order valence-electron chi connectivity index (χ4n) is 1.55. The quantitative estimate of drug-likeness (QED) is 0.709. The second-order valence-electron chi connectivity index (χ2n) is 3.58. The van der Waals surface area contributed by atoms with E-state index in [0.717, 1.165) is 32.7 Å². The summed E-state index contributed by atoms with van der Waals surface area (Å²) >= 11 is 0. The van der Waals surface area contributed by atoms with Crippen molar-refractivity contribution < 1.29 is 9.47 Å². The Morgan fingerprint density at radius 1 is 1.53 bits per heavy atom. The fraction of sp³-hybridized carbons (Fsp3) is 0.700. The third-order valence-electron chi connectivity index (χ3n) is 2.42. The monoisotopic (exact) mass is 211 g/mol. The Hall–Kier alpha value is -0.910. The standard InChI is InChI=1S/C10H17N3O2/c1-3-12-13(5-1)6-4-11-8-10-2-7-14-9-15-10/h1,3,5,10-11H,2,4,6-9H2. The lowest BCUT2D eigenvalue weighted by molar-refractivity contribution is -0.137. The molecule has 0 aliphatic carbocycles. The molecule has 1 aliphatic heterocycles. The van der Waals surface area contributed by atoms with E-state index in [1.165, 1.54) is 0 Å². The maximum atomic E-state index is 5.41. The van der Waals surface area contributed by atoms with Gasteiger partial charge in [0.1, 0.15) is 6.79 Å². The lowest BCUT2D eigenvalue weighted by atomic mass is 10.2. The van der Waals surface area contributed by atoms with Gasteiger partial charge in [-0.1, -0.05) is 0 Å². The predicted octanol–water partition coefficient (Wildman–Crippen LogP) is 0.236. The molecular weight excluding hydrogens is 194 g/mol. The van der Waals surface area contributed by atoms with Crippen LogP contribution in [-0.4, -0.2) is 42.4 Å². The van der Waals surface area contributed by atoms with E-state index in [2.05, 4.69) is 10.4 Å². The number of aromatic nitrogens is 2. The smallest absolute Gasteiger partial charge is 0.147 e. The van der Waals surface area contributed by atoms with Crippen molar-refractivity contribution >= 4 is 0 Å². The second kappa shape index (κ2) is 5.85. The van der Waals surface area contributed by atoms with Crippen LogP contribution in [-0.2, 0) is 16.0 Å². The molecule has 1 unspecified atom stereocenters. The van der Waals surface area contributed by atoms with Crippen molar-refractivity contribution in [2.45, 2.75) is 19.1 Å². The van der Waals surface area contributed by atoms with Crippen LogP contribution in [0, 0.1) is 0 Å². The number of nitrogens with zero attached hydrogens (tertiary/aromatic N) is 2. The third kappa shape index (κ3) is 3.62. The van der Waals surface area contributed by atoms with E-state index in [4.69, 9.17) is 9.47 Å². The van der Waals surface area contributed by atoms with Gasteiger partial charge in [0.05, 0.1) is 19.3 Å². The highest BCUT2D eigenvalue weighted by Gasteiger charge is 2.12. The first-order valence-electron chi connectivity index (χ1n) is 5.32. The van der Waals surface area contributed by atoms with Crippen LogP contribution in [0.25, 0.3) is 0 Å². The number of hydrogen-bond donors (Lipinski definition) is 1. The van der Waals surface area contributed by atoms with Crippen LogP contribution in [0.3, 0.4) is 0 Å². The fourth-order valence-corrected chi connectivity index (χ4v) is 1.55. The van der Waals surface area contributed by atoms with Crippen molar-refractivity contribution in [3.8, 4) is 0 Å². The maximum Gasteiger partial charge on any atom is 0.147 e. The van der Waals surface area contributed by atoms with Gasteiger partial charge in [-0.3, -0.25) is 4.68 Å². The van der Waals surface area contributed by atoms with E-state index >= 15 is 0 Å². The lowest BCUT2D eigenvalue weighted by Gasteiger charge is -2.22. The molecular formula is C10H17N3O2. The van der Waals surface area contributed by atoms with Crippen LogP contribution in [0.4, 0.5) is 0 Å². The molecule has 0 radical (unpaired) electrons. The molecule has 1 atom stereocenters. The summed E-state index contributed by atoms with van der Waals surface area (Å²) in [5.74, 6) is 0. The Kier molecular flexibility index (Phi) is 4.13. The molecule has 1 aromatic heterocycles. The second-order valence-corrected chi connectivity index (χ2v) is 3.58. The topological polar surface area (TPSA) is 48.3 Å². The summed E-state index contributed by atoms with van der Waals surface area (Å²) in [6.07, 6.45) is 5.04. The van der Waals surface area contributed by atoms with Crippen molar-refractivity contribution in [3.63, 3.8) is 0 Å². The van der Waals surface area contributed by atoms with E-state index in [0.29, 0.717) is 12.9 Å². The highest BCUT2D eigenvalue weighted by atomic mass is 16.7. The van der Waals surface area contributed by atoms with Crippen molar-refractivity contribution in [2.24, 2.45) is 0 Å². The summed E-state index contributed by atoms with van der Waals surface area (Å²) in [6, 6.07) is 1.93. The van der Waals surface area contributed by atoms with Crippen LogP contribution in [0.15, 0.2) is 18.5 Å². The van der Waals surface area contributed by atoms with Gasteiger partial charge in [0.15, 0.2) is 0 Å². The molecule has 84 valence electrons. The molecule has 1 aromatic rings. The molecule has 1 fully saturated rings. The van der Waals surface area contributed by atoms with Gasteiger partial charge in [-0.2, -0.15) is 5.10 Å². The van der Waals surface area contributed by atoms with Gasteiger partial charge in [-0.15, -0.1) is 0 Å². The molecule has 0 saturated carbocycles. The van der Waals surface area contributed by atoms with E-state index in [1.807, 2.05) is 16.9 Å². The first kappa shape index (κ1) is 10.6. The van der Waals surface area contributed by atoms with Gasteiger partial charge < -0.3 is 14.8 Å². The lowest BCUT2D eigenvalue weighted by Crippen LogP contribution is -2.35. The zero-order valence-electron chi connectivity index (χ0n) is 8.76. The molecule has 1 saturated heterocycles. The zero-order valence-corrected chi connectivity index (χ0v) is 8.76. The highest BCUT2D eigenvalue weighted by Crippen LogP contribution is 2.04. The largest absolute Gasteiger partial charge is 0.355 e. The Labute approximate surface area is 89.4 Å². The Morgan fingerprint density at radius 2 is 2.53 bits per heavy atom. The average Bonchev–Trinajstić information content (AvgIpc) is 2.79. The molecule has 1 aliphatic rings. The first-order valence-corrected chi connectivity index (χ1v) is 5.32. The average molecular weight is 211 g/mol. The molecule has 0 aromatic carbocycles. The number of ether oxygens (including phenoxy) is 2. The summed E-state index contributed by atoms with van der Waals surface area (Å²) in [5.41, 5.74) is 0. The normalized spacial score (nSPS) is 21.7. The minimum absolute atomic E-state index is 0.302. The Morgan fingerprint density at radius 3 is 3.27 bits per heavy atom. The van der Waals surface area contributed by atoms with Crippen LogP contribution in [0.5, 0.6) is 0 Å². The van der Waals surface area contributed by atoms with Gasteiger partial charge in [0, 0.05) is 25.5 Å². The van der Waals surface area contributed by atoms with Crippen molar-refractivity contribution in [1.82, 2.24) is 15.1 Å². The molecule has 2 rings (SSSR count). The summed E-state index contributed by atoms with van der Waals surface area (Å²) in [7, 11) is 0. The van der Waals surface area contributed by atoms with Gasteiger partial charge in [0.25, 0.3) is 0 Å². The molecule has 5 heteroatoms. The minimum Gasteiger partial charge on any atom is -0.355 e. The summed E-state index contributed by atoms with van der Waals surface area (Å²) in [4.78, 5) is 0. The predicted molar refractivity (Wildman–Crippen MR) is 55.4 cm³/mol. The molecule has 2 heterocycles. The van der Waals surface area contributed by atoms with E-state index in [9.17, 15) is 0 Å². The molecule has 15 heavy (non-hydrogen) atoms. The number of nitrogens with one attached hydrogen (secondary N) is 1. The van der Waals surface area contributed by atoms with Crippen molar-refractivity contribution in [2.75, 3.05) is 26.5 Å².